The zero-order valence-electron chi connectivity index (χ0n) is 20.5. The number of hydrogen-bond donors (Lipinski definition) is 2. The van der Waals surface area contributed by atoms with Crippen molar-refractivity contribution in [2.45, 2.75) is 5.92 Å². The topological polar surface area (TPSA) is 82.2 Å². The van der Waals surface area contributed by atoms with E-state index in [4.69, 9.17) is 10.5 Å². The molecule has 0 radical (unpaired) electrons. The van der Waals surface area contributed by atoms with Crippen LogP contribution >= 0.6 is 0 Å². The van der Waals surface area contributed by atoms with Crippen LogP contribution in [0, 0.1) is 0 Å². The van der Waals surface area contributed by atoms with Gasteiger partial charge in [0.05, 0.1) is 18.5 Å². The lowest BCUT2D eigenvalue weighted by Gasteiger charge is -2.19. The summed E-state index contributed by atoms with van der Waals surface area (Å²) in [6, 6.07) is 37.2. The van der Waals surface area contributed by atoms with Crippen molar-refractivity contribution in [1.29, 1.82) is 0 Å². The maximum absolute atomic E-state index is 13.0. The predicted octanol–water partition coefficient (Wildman–Crippen LogP) is 5.69. The second-order valence-electron chi connectivity index (χ2n) is 8.73. The molecule has 4 aromatic carbocycles. The SMILES string of the molecule is COc1ccc(-c2cc(N)n(-c3ccc(C(=O)NCC(c4ccccc4)c4ccccc4)cc3)n2)cc1. The van der Waals surface area contributed by atoms with Crippen molar-refractivity contribution in [2.75, 3.05) is 19.4 Å². The van der Waals surface area contributed by atoms with Gasteiger partial charge in [-0.1, -0.05) is 60.7 Å². The average Bonchev–Trinajstić information content (AvgIpc) is 3.35. The number of nitrogens with zero attached hydrogens (tertiary/aromatic N) is 2. The molecule has 1 aromatic heterocycles. The number of ether oxygens (including phenoxy) is 1. The van der Waals surface area contributed by atoms with Gasteiger partial charge in [0.1, 0.15) is 11.6 Å². The minimum atomic E-state index is -0.129. The summed E-state index contributed by atoms with van der Waals surface area (Å²) >= 11 is 0. The van der Waals surface area contributed by atoms with E-state index in [1.54, 1.807) is 23.9 Å². The van der Waals surface area contributed by atoms with Crippen LogP contribution in [0.5, 0.6) is 5.75 Å². The molecule has 6 nitrogen and oxygen atoms in total. The van der Waals surface area contributed by atoms with Gasteiger partial charge in [-0.25, -0.2) is 4.68 Å². The van der Waals surface area contributed by atoms with E-state index in [1.807, 2.05) is 78.9 Å². The minimum Gasteiger partial charge on any atom is -0.497 e. The average molecular weight is 489 g/mol. The van der Waals surface area contributed by atoms with Crippen LogP contribution in [0.15, 0.2) is 115 Å². The van der Waals surface area contributed by atoms with Crippen LogP contribution < -0.4 is 15.8 Å². The standard InChI is InChI=1S/C31H28N4O2/c1-37-27-18-14-24(15-19-27)29-20-30(32)35(34-29)26-16-12-25(13-17-26)31(36)33-21-28(22-8-4-2-5-9-22)23-10-6-3-7-11-23/h2-20,28H,21,32H2,1H3,(H,33,36). The Kier molecular flexibility index (Phi) is 6.99. The van der Waals surface area contributed by atoms with Gasteiger partial charge in [-0.15, -0.1) is 0 Å². The molecular formula is C31H28N4O2. The third kappa shape index (κ3) is 5.38. The van der Waals surface area contributed by atoms with Gasteiger partial charge in [-0.05, 0) is 59.7 Å². The molecule has 0 spiro atoms. The lowest BCUT2D eigenvalue weighted by Crippen LogP contribution is -2.29. The number of aromatic nitrogens is 2. The Morgan fingerprint density at radius 1 is 0.865 bits per heavy atom. The predicted molar refractivity (Wildman–Crippen MR) is 147 cm³/mol. The van der Waals surface area contributed by atoms with Gasteiger partial charge >= 0.3 is 0 Å². The number of hydrogen-bond acceptors (Lipinski definition) is 4. The first-order valence-corrected chi connectivity index (χ1v) is 12.1. The monoisotopic (exact) mass is 488 g/mol. The second kappa shape index (κ2) is 10.8. The van der Waals surface area contributed by atoms with Gasteiger partial charge in [-0.3, -0.25) is 4.79 Å². The number of amides is 1. The number of nitrogens with one attached hydrogen (secondary N) is 1. The molecule has 6 heteroatoms. The minimum absolute atomic E-state index is 0.0610. The van der Waals surface area contributed by atoms with E-state index >= 15 is 0 Å². The zero-order valence-corrected chi connectivity index (χ0v) is 20.5. The van der Waals surface area contributed by atoms with Crippen molar-refractivity contribution in [3.63, 3.8) is 0 Å². The summed E-state index contributed by atoms with van der Waals surface area (Å²) in [5.41, 5.74) is 11.6. The molecule has 0 saturated heterocycles. The van der Waals surface area contributed by atoms with Crippen LogP contribution in [0.3, 0.4) is 0 Å². The van der Waals surface area contributed by atoms with E-state index < -0.39 is 0 Å². The Bertz CT molecular complexity index is 1420. The lowest BCUT2D eigenvalue weighted by atomic mass is 9.91. The van der Waals surface area contributed by atoms with Gasteiger partial charge in [0.25, 0.3) is 5.91 Å². The smallest absolute Gasteiger partial charge is 0.251 e. The van der Waals surface area contributed by atoms with Gasteiger partial charge in [0.2, 0.25) is 0 Å². The van der Waals surface area contributed by atoms with Crippen molar-refractivity contribution in [1.82, 2.24) is 15.1 Å². The van der Waals surface area contributed by atoms with E-state index in [0.717, 1.165) is 33.8 Å². The molecule has 0 atom stereocenters. The quantitative estimate of drug-likeness (QED) is 0.294. The molecule has 5 rings (SSSR count). The first kappa shape index (κ1) is 23.9. The summed E-state index contributed by atoms with van der Waals surface area (Å²) in [6.07, 6.45) is 0. The Morgan fingerprint density at radius 3 is 2.03 bits per heavy atom. The van der Waals surface area contributed by atoms with Gasteiger partial charge < -0.3 is 15.8 Å². The summed E-state index contributed by atoms with van der Waals surface area (Å²) < 4.78 is 6.89. The van der Waals surface area contributed by atoms with Crippen LogP contribution in [0.1, 0.15) is 27.4 Å². The number of nitrogens with two attached hydrogens (primary N) is 1. The molecule has 0 saturated carbocycles. The number of benzene rings is 4. The molecule has 37 heavy (non-hydrogen) atoms. The normalized spacial score (nSPS) is 10.9. The molecule has 3 N–H and O–H groups in total. The summed E-state index contributed by atoms with van der Waals surface area (Å²) in [6.45, 7) is 0.492. The highest BCUT2D eigenvalue weighted by atomic mass is 16.5. The third-order valence-corrected chi connectivity index (χ3v) is 6.37. The maximum atomic E-state index is 13.0. The van der Waals surface area contributed by atoms with Crippen molar-refractivity contribution >= 4 is 11.7 Å². The fraction of sp³-hybridized carbons (Fsp3) is 0.0968. The molecule has 0 aliphatic heterocycles. The van der Waals surface area contributed by atoms with Crippen molar-refractivity contribution in [3.05, 3.63) is 132 Å². The summed E-state index contributed by atoms with van der Waals surface area (Å²) in [5, 5.41) is 7.76. The van der Waals surface area contributed by atoms with E-state index in [9.17, 15) is 4.79 Å². The maximum Gasteiger partial charge on any atom is 0.251 e. The van der Waals surface area contributed by atoms with E-state index in [-0.39, 0.29) is 11.8 Å². The molecule has 0 unspecified atom stereocenters. The van der Waals surface area contributed by atoms with E-state index in [2.05, 4.69) is 34.7 Å². The number of methoxy groups -OCH3 is 1. The molecule has 1 heterocycles. The van der Waals surface area contributed by atoms with Crippen LogP contribution in [-0.2, 0) is 0 Å². The summed E-state index contributed by atoms with van der Waals surface area (Å²) in [4.78, 5) is 13.0. The molecule has 0 aliphatic carbocycles. The highest BCUT2D eigenvalue weighted by Gasteiger charge is 2.16. The Hall–Kier alpha value is -4.84. The fourth-order valence-electron chi connectivity index (χ4n) is 4.35. The summed E-state index contributed by atoms with van der Waals surface area (Å²) in [5.74, 6) is 1.22. The number of carbonyl (C=O) groups excluding carboxylic acids is 1. The zero-order chi connectivity index (χ0) is 25.6. The van der Waals surface area contributed by atoms with Gasteiger partial charge in [-0.2, -0.15) is 5.10 Å². The van der Waals surface area contributed by atoms with Crippen molar-refractivity contribution in [2.24, 2.45) is 0 Å². The van der Waals surface area contributed by atoms with Crippen LogP contribution in [0.2, 0.25) is 0 Å². The first-order chi connectivity index (χ1) is 18.1. The number of carbonyl (C=O) groups is 1. The molecule has 5 aromatic rings. The molecule has 0 aliphatic rings. The van der Waals surface area contributed by atoms with E-state index in [1.165, 1.54) is 0 Å². The number of anilines is 1. The Balaban J connectivity index is 1.30. The first-order valence-electron chi connectivity index (χ1n) is 12.1. The highest BCUT2D eigenvalue weighted by Crippen LogP contribution is 2.26. The fourth-order valence-corrected chi connectivity index (χ4v) is 4.35. The van der Waals surface area contributed by atoms with Crippen LogP contribution in [-0.4, -0.2) is 29.3 Å². The molecule has 184 valence electrons. The van der Waals surface area contributed by atoms with Crippen molar-refractivity contribution < 1.29 is 9.53 Å². The largest absolute Gasteiger partial charge is 0.497 e. The van der Waals surface area contributed by atoms with Crippen LogP contribution in [0.25, 0.3) is 16.9 Å². The highest BCUT2D eigenvalue weighted by molar-refractivity contribution is 5.94. The Morgan fingerprint density at radius 2 is 1.46 bits per heavy atom. The number of rotatable bonds is 8. The molecule has 0 fully saturated rings. The second-order valence-corrected chi connectivity index (χ2v) is 8.73. The Labute approximate surface area is 216 Å². The van der Waals surface area contributed by atoms with Crippen molar-refractivity contribution in [3.8, 4) is 22.7 Å². The van der Waals surface area contributed by atoms with Gasteiger partial charge in [0.15, 0.2) is 0 Å². The van der Waals surface area contributed by atoms with E-state index in [0.29, 0.717) is 17.9 Å². The summed E-state index contributed by atoms with van der Waals surface area (Å²) in [7, 11) is 1.64. The van der Waals surface area contributed by atoms with Crippen LogP contribution in [0.4, 0.5) is 5.82 Å². The lowest BCUT2D eigenvalue weighted by molar-refractivity contribution is 0.0952. The molecular weight excluding hydrogens is 460 g/mol. The molecule has 0 bridgehead atoms. The van der Waals surface area contributed by atoms with Gasteiger partial charge in [0, 0.05) is 29.7 Å². The number of nitrogen functional groups attached to an aromatic ring is 1. The molecule has 1 amide bonds. The third-order valence-electron chi connectivity index (χ3n) is 6.37.